The Morgan fingerprint density at radius 2 is 1.89 bits per heavy atom. The van der Waals surface area contributed by atoms with Crippen molar-refractivity contribution in [2.75, 3.05) is 27.7 Å². The average molecular weight is 122 g/mol. The highest BCUT2D eigenvalue weighted by Gasteiger charge is 2.00. The zero-order valence-electron chi connectivity index (χ0n) is 6.23. The van der Waals surface area contributed by atoms with Gasteiger partial charge >= 0.3 is 0 Å². The second kappa shape index (κ2) is 3.17. The lowest BCUT2D eigenvalue weighted by Gasteiger charge is -2.19. The smallest absolute Gasteiger partial charge is 0.141 e. The second-order valence-corrected chi connectivity index (χ2v) is 2.89. The van der Waals surface area contributed by atoms with E-state index >= 15 is 0 Å². The van der Waals surface area contributed by atoms with Crippen molar-refractivity contribution in [3.05, 3.63) is 0 Å². The van der Waals surface area contributed by atoms with Gasteiger partial charge < -0.3 is 4.48 Å². The highest BCUT2D eigenvalue weighted by atomic mass is 15.3. The summed E-state index contributed by atoms with van der Waals surface area (Å²) in [6.07, 6.45) is 4.93. The Hall–Kier alpha value is -0.920. The normalized spacial score (nSPS) is 9.11. The predicted molar refractivity (Wildman–Crippen MR) is 39.5 cm³/mol. The molecule has 0 fully saturated rings. The fraction of sp³-hybridized carbons (Fsp3) is 0.500. The first-order valence-corrected chi connectivity index (χ1v) is 2.80. The Morgan fingerprint density at radius 1 is 1.33 bits per heavy atom. The van der Waals surface area contributed by atoms with Gasteiger partial charge in [-0.2, -0.15) is 0 Å². The van der Waals surface area contributed by atoms with Gasteiger partial charge in [0.25, 0.3) is 0 Å². The zero-order chi connectivity index (χ0) is 7.33. The third-order valence-electron chi connectivity index (χ3n) is 0.714. The molecule has 0 aromatic carbocycles. The minimum Gasteiger partial charge on any atom is -0.321 e. The lowest BCUT2D eigenvalue weighted by atomic mass is 10.5. The van der Waals surface area contributed by atoms with E-state index in [-0.39, 0.29) is 0 Å². The molecule has 0 saturated heterocycles. The third-order valence-corrected chi connectivity index (χ3v) is 0.714. The van der Waals surface area contributed by atoms with E-state index in [0.29, 0.717) is 0 Å². The third kappa shape index (κ3) is 7.08. The predicted octanol–water partition coefficient (Wildman–Crippen LogP) is 0.329. The van der Waals surface area contributed by atoms with Crippen LogP contribution in [0.15, 0.2) is 0 Å². The van der Waals surface area contributed by atoms with Crippen molar-refractivity contribution in [3.63, 3.8) is 0 Å². The maximum atomic E-state index is 4.93. The van der Waals surface area contributed by atoms with Crippen LogP contribution in [0.1, 0.15) is 0 Å². The molecule has 0 aromatic heterocycles. The number of nitrogens with zero attached hydrogens (tertiary/aromatic N) is 1. The van der Waals surface area contributed by atoms with Gasteiger partial charge in [0.05, 0.1) is 21.1 Å². The molecule has 0 heterocycles. The Morgan fingerprint density at radius 3 is 2.22 bits per heavy atom. The van der Waals surface area contributed by atoms with Crippen molar-refractivity contribution in [2.24, 2.45) is 0 Å². The van der Waals surface area contributed by atoms with Crippen LogP contribution in [0, 0.1) is 24.2 Å². The first kappa shape index (κ1) is 8.08. The monoisotopic (exact) mass is 122 g/mol. The molecule has 0 aliphatic heterocycles. The molecule has 0 spiro atoms. The molecule has 0 radical (unpaired) electrons. The lowest BCUT2D eigenvalue weighted by Crippen LogP contribution is -2.34. The van der Waals surface area contributed by atoms with Gasteiger partial charge in [0.1, 0.15) is 6.54 Å². The van der Waals surface area contributed by atoms with Crippen LogP contribution in [0.3, 0.4) is 0 Å². The lowest BCUT2D eigenvalue weighted by molar-refractivity contribution is -0.862. The largest absolute Gasteiger partial charge is 0.321 e. The quantitative estimate of drug-likeness (QED) is 0.347. The van der Waals surface area contributed by atoms with Gasteiger partial charge in [-0.3, -0.25) is 0 Å². The molecular formula is C8H12N+. The maximum Gasteiger partial charge on any atom is 0.141 e. The fourth-order valence-electron chi connectivity index (χ4n) is 0.328. The summed E-state index contributed by atoms with van der Waals surface area (Å²) in [7, 11) is 6.22. The fourth-order valence-corrected chi connectivity index (χ4v) is 0.328. The number of hydrogen-bond donors (Lipinski definition) is 0. The standard InChI is InChI=1S/C8H12N/c1-5-6-7-8-9(2,3)4/h1H,8H2,2-4H3/q+1. The molecule has 0 unspecified atom stereocenters. The molecule has 0 aliphatic rings. The first-order valence-electron chi connectivity index (χ1n) is 2.80. The number of quaternary nitrogens is 1. The molecule has 0 saturated carbocycles. The van der Waals surface area contributed by atoms with Crippen molar-refractivity contribution in [1.29, 1.82) is 0 Å². The van der Waals surface area contributed by atoms with Crippen molar-refractivity contribution < 1.29 is 4.48 Å². The SMILES string of the molecule is C#CC#CC[N+](C)(C)C. The van der Waals surface area contributed by atoms with Crippen molar-refractivity contribution in [2.45, 2.75) is 0 Å². The van der Waals surface area contributed by atoms with E-state index in [4.69, 9.17) is 6.42 Å². The molecule has 9 heavy (non-hydrogen) atoms. The Kier molecular flexibility index (Phi) is 2.85. The van der Waals surface area contributed by atoms with Crippen molar-refractivity contribution >= 4 is 0 Å². The molecule has 0 N–H and O–H groups in total. The molecule has 0 amide bonds. The number of rotatable bonds is 1. The van der Waals surface area contributed by atoms with Crippen LogP contribution in [0.5, 0.6) is 0 Å². The van der Waals surface area contributed by atoms with E-state index in [1.54, 1.807) is 0 Å². The molecular weight excluding hydrogens is 110 g/mol. The minimum absolute atomic E-state index is 0.810. The van der Waals surface area contributed by atoms with E-state index in [2.05, 4.69) is 38.9 Å². The Labute approximate surface area is 57.3 Å². The average Bonchev–Trinajstić information content (AvgIpc) is 1.63. The van der Waals surface area contributed by atoms with Crippen molar-refractivity contribution in [3.8, 4) is 24.2 Å². The summed E-state index contributed by atoms with van der Waals surface area (Å²) in [5.41, 5.74) is 0. The van der Waals surface area contributed by atoms with Gasteiger partial charge in [0, 0.05) is 0 Å². The van der Waals surface area contributed by atoms with Crippen molar-refractivity contribution in [1.82, 2.24) is 0 Å². The van der Waals surface area contributed by atoms with Crippen LogP contribution < -0.4 is 0 Å². The first-order chi connectivity index (χ1) is 4.06. The van der Waals surface area contributed by atoms with E-state index in [1.165, 1.54) is 0 Å². The summed E-state index contributed by atoms with van der Waals surface area (Å²) >= 11 is 0. The van der Waals surface area contributed by atoms with E-state index < -0.39 is 0 Å². The molecule has 48 valence electrons. The van der Waals surface area contributed by atoms with Gasteiger partial charge in [0.15, 0.2) is 0 Å². The van der Waals surface area contributed by atoms with Gasteiger partial charge in [-0.1, -0.05) is 0 Å². The zero-order valence-corrected chi connectivity index (χ0v) is 6.23. The molecule has 1 heteroatoms. The summed E-state index contributed by atoms with van der Waals surface area (Å²) in [6.45, 7) is 0.810. The molecule has 0 aromatic rings. The second-order valence-electron chi connectivity index (χ2n) is 2.89. The Balaban J connectivity index is 3.67. The summed E-state index contributed by atoms with van der Waals surface area (Å²) in [6, 6.07) is 0. The van der Waals surface area contributed by atoms with Crippen LogP contribution in [0.2, 0.25) is 0 Å². The maximum absolute atomic E-state index is 4.93. The summed E-state index contributed by atoms with van der Waals surface area (Å²) in [5, 5.41) is 0. The number of terminal acetylenes is 1. The highest BCUT2D eigenvalue weighted by molar-refractivity contribution is 5.21. The number of hydrogen-bond acceptors (Lipinski definition) is 0. The summed E-state index contributed by atoms with van der Waals surface area (Å²) in [5.74, 6) is 7.70. The van der Waals surface area contributed by atoms with E-state index in [0.717, 1.165) is 11.0 Å². The van der Waals surface area contributed by atoms with Crippen LogP contribution >= 0.6 is 0 Å². The molecule has 0 atom stereocenters. The van der Waals surface area contributed by atoms with Gasteiger partial charge in [-0.15, -0.1) is 6.42 Å². The van der Waals surface area contributed by atoms with Crippen LogP contribution in [0.4, 0.5) is 0 Å². The minimum atomic E-state index is 0.810. The van der Waals surface area contributed by atoms with Crippen LogP contribution in [0.25, 0.3) is 0 Å². The highest BCUT2D eigenvalue weighted by Crippen LogP contribution is 1.84. The molecule has 0 rings (SSSR count). The summed E-state index contributed by atoms with van der Waals surface area (Å²) < 4.78 is 0.842. The Bertz CT molecular complexity index is 167. The van der Waals surface area contributed by atoms with Gasteiger partial charge in [-0.05, 0) is 17.8 Å². The van der Waals surface area contributed by atoms with Crippen LogP contribution in [-0.4, -0.2) is 32.2 Å². The van der Waals surface area contributed by atoms with Crippen LogP contribution in [-0.2, 0) is 0 Å². The molecule has 1 nitrogen and oxygen atoms in total. The summed E-state index contributed by atoms with van der Waals surface area (Å²) in [4.78, 5) is 0. The molecule has 0 aliphatic carbocycles. The molecule has 0 bridgehead atoms. The topological polar surface area (TPSA) is 0 Å². The van der Waals surface area contributed by atoms with E-state index in [1.807, 2.05) is 0 Å². The van der Waals surface area contributed by atoms with Gasteiger partial charge in [-0.25, -0.2) is 0 Å². The van der Waals surface area contributed by atoms with E-state index in [9.17, 15) is 0 Å². The van der Waals surface area contributed by atoms with Gasteiger partial charge in [0.2, 0.25) is 0 Å².